The van der Waals surface area contributed by atoms with E-state index >= 15 is 0 Å². The van der Waals surface area contributed by atoms with Crippen molar-refractivity contribution >= 4 is 111 Å². The van der Waals surface area contributed by atoms with Gasteiger partial charge in [-0.15, -0.1) is 0 Å². The summed E-state index contributed by atoms with van der Waals surface area (Å²) in [6, 6.07) is 6.43. The van der Waals surface area contributed by atoms with Crippen LogP contribution in [0.4, 0.5) is 0 Å². The average molecular weight is 1300 g/mol. The Hall–Kier alpha value is -9.88. The number of benzene rings is 3. The van der Waals surface area contributed by atoms with Crippen LogP contribution in [0, 0.1) is 5.92 Å². The molecule has 0 bridgehead atoms. The third kappa shape index (κ3) is 22.6. The Kier molecular flexibility index (Phi) is 28.1. The summed E-state index contributed by atoms with van der Waals surface area (Å²) >= 11 is 1.36. The molecule has 0 aliphatic carbocycles. The number of primary amides is 1. The molecule has 2 aromatic heterocycles. The van der Waals surface area contributed by atoms with Crippen molar-refractivity contribution in [3.8, 4) is 0 Å². The molecule has 2 heterocycles. The van der Waals surface area contributed by atoms with Crippen molar-refractivity contribution in [2.24, 2.45) is 17.4 Å². The first kappa shape index (κ1) is 72.9. The van der Waals surface area contributed by atoms with Crippen molar-refractivity contribution in [1.29, 1.82) is 0 Å². The molecule has 10 amide bonds. The average Bonchev–Trinajstić information content (AvgIpc) is 1.68. The summed E-state index contributed by atoms with van der Waals surface area (Å²) in [5.41, 5.74) is 14.3. The van der Waals surface area contributed by atoms with Gasteiger partial charge in [0.15, 0.2) is 0 Å². The van der Waals surface area contributed by atoms with Crippen molar-refractivity contribution in [2.75, 3.05) is 18.6 Å². The van der Waals surface area contributed by atoms with Crippen LogP contribution in [0.25, 0.3) is 21.8 Å². The van der Waals surface area contributed by atoms with E-state index in [1.165, 1.54) is 18.7 Å². The number of para-hydroxylation sites is 2. The van der Waals surface area contributed by atoms with E-state index in [2.05, 4.69) is 57.8 Å². The minimum atomic E-state index is -2.05. The molecule has 92 heavy (non-hydrogen) atoms. The number of nitrogens with one attached hydrogen (secondary N) is 11. The summed E-state index contributed by atoms with van der Waals surface area (Å²) in [7, 11) is 0. The monoisotopic (exact) mass is 1300 g/mol. The number of carboxylic acids is 3. The molecular formula is C61H79N13O17S. The van der Waals surface area contributed by atoms with Gasteiger partial charge in [-0.2, -0.15) is 11.8 Å². The summed E-state index contributed by atoms with van der Waals surface area (Å²) in [4.78, 5) is 181. The van der Waals surface area contributed by atoms with Crippen LogP contribution in [0.15, 0.2) is 91.3 Å². The second-order valence-corrected chi connectivity index (χ2v) is 23.3. The Morgan fingerprint density at radius 3 is 1.39 bits per heavy atom. The van der Waals surface area contributed by atoms with Crippen LogP contribution in [0.3, 0.4) is 0 Å². The highest BCUT2D eigenvalue weighted by Crippen LogP contribution is 2.22. The highest BCUT2D eigenvalue weighted by Gasteiger charge is 2.37. The lowest BCUT2D eigenvalue weighted by Gasteiger charge is -2.27. The third-order valence-electron chi connectivity index (χ3n) is 14.6. The first-order valence-electron chi connectivity index (χ1n) is 29.4. The first-order valence-corrected chi connectivity index (χ1v) is 30.7. The van der Waals surface area contributed by atoms with E-state index in [-0.39, 0.29) is 38.0 Å². The largest absolute Gasteiger partial charge is 0.481 e. The number of aliphatic hydroxyl groups is 1. The minimum absolute atomic E-state index is 0.0474. The number of rotatable bonds is 38. The van der Waals surface area contributed by atoms with Crippen LogP contribution in [-0.2, 0) is 81.6 Å². The van der Waals surface area contributed by atoms with Gasteiger partial charge in [0.25, 0.3) is 0 Å². The van der Waals surface area contributed by atoms with Crippen molar-refractivity contribution in [2.45, 2.75) is 139 Å². The number of carboxylic acid groups (broad SMARTS) is 3. The number of hydrogen-bond acceptors (Lipinski definition) is 16. The zero-order valence-corrected chi connectivity index (χ0v) is 51.8. The Labute approximate surface area is 532 Å². The number of carbonyl (C=O) groups is 13. The zero-order chi connectivity index (χ0) is 67.8. The second kappa shape index (κ2) is 35.5. The summed E-state index contributed by atoms with van der Waals surface area (Å²) in [5.74, 6) is -15.0. The molecule has 0 saturated heterocycles. The van der Waals surface area contributed by atoms with Gasteiger partial charge < -0.3 is 89.7 Å². The smallest absolute Gasteiger partial charge is 0.326 e. The van der Waals surface area contributed by atoms with Crippen molar-refractivity contribution < 1.29 is 82.8 Å². The summed E-state index contributed by atoms with van der Waals surface area (Å²) < 4.78 is 0. The molecule has 0 aliphatic heterocycles. The predicted molar refractivity (Wildman–Crippen MR) is 335 cm³/mol. The number of fused-ring (bicyclic) bond motifs is 2. The van der Waals surface area contributed by atoms with E-state index in [1.807, 2.05) is 0 Å². The Morgan fingerprint density at radius 1 is 0.478 bits per heavy atom. The van der Waals surface area contributed by atoms with Gasteiger partial charge >= 0.3 is 17.9 Å². The van der Waals surface area contributed by atoms with Gasteiger partial charge in [-0.25, -0.2) is 4.79 Å². The normalized spacial score (nSPS) is 14.5. The van der Waals surface area contributed by atoms with Crippen LogP contribution < -0.4 is 59.3 Å². The molecule has 0 spiro atoms. The molecule has 30 nitrogen and oxygen atoms in total. The maximum absolute atomic E-state index is 14.6. The van der Waals surface area contributed by atoms with Gasteiger partial charge in [0.1, 0.15) is 54.4 Å². The van der Waals surface area contributed by atoms with Crippen LogP contribution >= 0.6 is 11.8 Å². The number of aromatic amines is 2. The molecule has 0 aliphatic rings. The number of aromatic nitrogens is 2. The number of thioether (sulfide) groups is 1. The van der Waals surface area contributed by atoms with Crippen LogP contribution in [-0.4, -0.2) is 186 Å². The molecule has 19 N–H and O–H groups in total. The lowest BCUT2D eigenvalue weighted by atomic mass is 10.0. The molecule has 0 unspecified atom stereocenters. The predicted octanol–water partition coefficient (Wildman–Crippen LogP) is -1.52. The van der Waals surface area contributed by atoms with Crippen LogP contribution in [0.2, 0.25) is 0 Å². The van der Waals surface area contributed by atoms with Crippen LogP contribution in [0.1, 0.15) is 76.0 Å². The Morgan fingerprint density at radius 2 is 0.902 bits per heavy atom. The molecule has 496 valence electrons. The van der Waals surface area contributed by atoms with Gasteiger partial charge in [-0.3, -0.25) is 57.5 Å². The zero-order valence-electron chi connectivity index (χ0n) is 50.9. The highest BCUT2D eigenvalue weighted by molar-refractivity contribution is 7.98. The van der Waals surface area contributed by atoms with Gasteiger partial charge in [0, 0.05) is 59.9 Å². The second-order valence-electron chi connectivity index (χ2n) is 22.3. The molecule has 5 aromatic rings. The van der Waals surface area contributed by atoms with Gasteiger partial charge in [0.2, 0.25) is 59.1 Å². The lowest BCUT2D eigenvalue weighted by Crippen LogP contribution is -2.61. The number of H-pyrrole nitrogens is 2. The summed E-state index contributed by atoms with van der Waals surface area (Å²) in [6.07, 6.45) is 0.958. The van der Waals surface area contributed by atoms with E-state index < -0.39 is 170 Å². The number of carbonyl (C=O) groups excluding carboxylic acids is 10. The Bertz CT molecular complexity index is 3450. The molecule has 5 rings (SSSR count). The Balaban J connectivity index is 1.40. The number of hydrogen-bond donors (Lipinski definition) is 17. The SMILES string of the molecule is CSCC[C@H](NC(=O)[C@H](Cc1c[nH]c2ccccc12)NC(=O)[C@H](C)NC(=O)[C@H](Cc1c[nH]c2ccccc12)NC(=O)[C@H](CCC(=O)O)NC(=O)[C@H](CC(N)=O)NC(=O)[C@H](CC(=O)O)NC(=O)[C@H](CO)NC(=O)[C@@H](N)CC(C)C)C(=O)N[C@@H](Cc1ccccc1)C(=O)O. The molecule has 3 aromatic carbocycles. The van der Waals surface area contributed by atoms with Gasteiger partial charge in [-0.1, -0.05) is 80.6 Å². The van der Waals surface area contributed by atoms with Crippen molar-refractivity contribution in [3.05, 3.63) is 108 Å². The fourth-order valence-corrected chi connectivity index (χ4v) is 10.2. The highest BCUT2D eigenvalue weighted by atomic mass is 32.2. The molecule has 31 heteroatoms. The summed E-state index contributed by atoms with van der Waals surface area (Å²) in [5, 5.41) is 62.4. The molecule has 0 saturated carbocycles. The first-order chi connectivity index (χ1) is 43.7. The topological polar surface area (TPSA) is 495 Å². The van der Waals surface area contributed by atoms with Gasteiger partial charge in [0.05, 0.1) is 25.5 Å². The quantitative estimate of drug-likeness (QED) is 0.0213. The molecule has 0 radical (unpaired) electrons. The van der Waals surface area contributed by atoms with E-state index in [9.17, 15) is 82.8 Å². The number of aliphatic hydroxyl groups excluding tert-OH is 1. The molecular weight excluding hydrogens is 1220 g/mol. The number of nitrogens with two attached hydrogens (primary N) is 2. The van der Waals surface area contributed by atoms with Crippen LogP contribution in [0.5, 0.6) is 0 Å². The van der Waals surface area contributed by atoms with Crippen molar-refractivity contribution in [3.63, 3.8) is 0 Å². The number of amides is 10. The van der Waals surface area contributed by atoms with E-state index in [4.69, 9.17) is 11.5 Å². The molecule has 0 fully saturated rings. The minimum Gasteiger partial charge on any atom is -0.481 e. The van der Waals surface area contributed by atoms with E-state index in [0.717, 1.165) is 0 Å². The molecule has 10 atom stereocenters. The van der Waals surface area contributed by atoms with E-state index in [0.29, 0.717) is 44.2 Å². The summed E-state index contributed by atoms with van der Waals surface area (Å²) in [6.45, 7) is 3.79. The van der Waals surface area contributed by atoms with E-state index in [1.54, 1.807) is 111 Å². The lowest BCUT2D eigenvalue weighted by molar-refractivity contribution is -0.142. The number of aliphatic carboxylic acids is 3. The van der Waals surface area contributed by atoms with Crippen molar-refractivity contribution in [1.82, 2.24) is 57.8 Å². The van der Waals surface area contributed by atoms with Gasteiger partial charge in [-0.05, 0) is 72.9 Å². The maximum atomic E-state index is 14.6. The fraction of sp³-hybridized carbons (Fsp3) is 0.426. The fourth-order valence-electron chi connectivity index (χ4n) is 9.74. The third-order valence-corrected chi connectivity index (χ3v) is 15.2. The standard InChI is InChI=1S/C61H79N13O17S/c1-31(2)22-38(62)53(82)74-48(30-75)60(89)72-46(27-51(79)80)59(88)71-45(26-49(63)76)58(87)67-41(18-19-50(77)78)54(83)70-43(24-34-28-64-39-16-10-8-14-36(34)39)56(85)66-32(3)52(81)69-44(25-35-29-65-40-17-11-9-15-37(35)40)57(86)68-42(20-21-92-4)55(84)73-47(61(90)91)23-33-12-6-5-7-13-33/h5-17,28-29,31-32,38,41-48,64-65,75H,18-27,30,62H2,1-4H3,(H2,63,76)(H,66,85)(H,67,87)(H,68,86)(H,69,81)(H,70,83)(H,71,88)(H,72,89)(H,73,84)(H,74,82)(H,77,78)(H,79,80)(H,90,91)/t32-,38-,41-,42-,43-,44-,45-,46-,47-,48-/m0/s1. The maximum Gasteiger partial charge on any atom is 0.326 e.